The van der Waals surface area contributed by atoms with E-state index in [2.05, 4.69) is 5.32 Å². The second kappa shape index (κ2) is 6.88. The fourth-order valence-electron chi connectivity index (χ4n) is 3.40. The summed E-state index contributed by atoms with van der Waals surface area (Å²) in [6.45, 7) is 8.31. The molecule has 2 fully saturated rings. The number of alkyl halides is 2. The largest absolute Gasteiger partial charge is 0.478 e. The lowest BCUT2D eigenvalue weighted by Crippen LogP contribution is -2.53. The minimum absolute atomic E-state index is 0.104. The third-order valence-electron chi connectivity index (χ3n) is 5.06. The molecular weight excluding hydrogens is 373 g/mol. The first kappa shape index (κ1) is 19.8. The van der Waals surface area contributed by atoms with Crippen LogP contribution in [0.25, 0.3) is 0 Å². The van der Waals surface area contributed by atoms with Gasteiger partial charge in [0.1, 0.15) is 10.1 Å². The maximum Gasteiger partial charge on any atom is 0.263 e. The van der Waals surface area contributed by atoms with Gasteiger partial charge in [-0.2, -0.15) is 0 Å². The molecule has 3 rings (SSSR count). The zero-order valence-corrected chi connectivity index (χ0v) is 17.3. The summed E-state index contributed by atoms with van der Waals surface area (Å²) in [4.78, 5) is 12.7. The highest BCUT2D eigenvalue weighted by Crippen LogP contribution is 2.59. The second-order valence-corrected chi connectivity index (χ2v) is 10.0. The number of carbonyl (C=O) groups is 1. The van der Waals surface area contributed by atoms with Gasteiger partial charge in [0.2, 0.25) is 0 Å². The fraction of sp³-hybridized carbons (Fsp3) is 0.650. The van der Waals surface area contributed by atoms with E-state index < -0.39 is 9.93 Å². The molecule has 1 saturated heterocycles. The summed E-state index contributed by atoms with van der Waals surface area (Å²) in [5.41, 5.74) is -0.0827. The smallest absolute Gasteiger partial charge is 0.263 e. The molecule has 0 aromatic heterocycles. The summed E-state index contributed by atoms with van der Waals surface area (Å²) in [6, 6.07) is 7.75. The van der Waals surface area contributed by atoms with Gasteiger partial charge in [-0.25, -0.2) is 0 Å². The van der Waals surface area contributed by atoms with Crippen LogP contribution < -0.4 is 10.1 Å². The van der Waals surface area contributed by atoms with E-state index in [1.54, 1.807) is 13.8 Å². The molecule has 1 aromatic rings. The topological polar surface area (TPSA) is 47.6 Å². The molecule has 1 amide bonds. The summed E-state index contributed by atoms with van der Waals surface area (Å²) < 4.78 is 11.0. The standard InChI is InChI=1S/C20H27Cl2NO3/c1-18(2)11-14(9-10-25-18)23-17(24)19(3,4)26-15-7-5-13(6-8-15)16-12-20(16,21)22/h5-8,14,16H,9-12H2,1-4H3,(H,23,24)/t14-,16+/m1/s1. The molecule has 4 nitrogen and oxygen atoms in total. The van der Waals surface area contributed by atoms with Crippen LogP contribution in [0, 0.1) is 0 Å². The van der Waals surface area contributed by atoms with Gasteiger partial charge in [-0.1, -0.05) is 12.1 Å². The van der Waals surface area contributed by atoms with Crippen molar-refractivity contribution >= 4 is 29.1 Å². The third kappa shape index (κ3) is 4.65. The van der Waals surface area contributed by atoms with Crippen molar-refractivity contribution < 1.29 is 14.3 Å². The second-order valence-electron chi connectivity index (χ2n) is 8.47. The van der Waals surface area contributed by atoms with Gasteiger partial charge < -0.3 is 14.8 Å². The Morgan fingerprint density at radius 3 is 2.38 bits per heavy atom. The van der Waals surface area contributed by atoms with Gasteiger partial charge in [-0.15, -0.1) is 23.2 Å². The van der Waals surface area contributed by atoms with Crippen LogP contribution in [0.15, 0.2) is 24.3 Å². The van der Waals surface area contributed by atoms with Crippen LogP contribution in [0.4, 0.5) is 0 Å². The zero-order chi connectivity index (χ0) is 19.2. The number of nitrogens with one attached hydrogen (secondary N) is 1. The molecule has 6 heteroatoms. The van der Waals surface area contributed by atoms with Crippen LogP contribution >= 0.6 is 23.2 Å². The minimum atomic E-state index is -0.966. The van der Waals surface area contributed by atoms with E-state index >= 15 is 0 Å². The molecule has 1 aromatic carbocycles. The number of rotatable bonds is 5. The average molecular weight is 400 g/mol. The van der Waals surface area contributed by atoms with Crippen LogP contribution in [-0.4, -0.2) is 34.1 Å². The van der Waals surface area contributed by atoms with Crippen molar-refractivity contribution in [2.75, 3.05) is 6.61 Å². The number of carbonyl (C=O) groups excluding carboxylic acids is 1. The van der Waals surface area contributed by atoms with Gasteiger partial charge in [0.05, 0.1) is 5.60 Å². The highest BCUT2D eigenvalue weighted by molar-refractivity contribution is 6.51. The number of hydrogen-bond acceptors (Lipinski definition) is 3. The van der Waals surface area contributed by atoms with Crippen LogP contribution in [0.2, 0.25) is 0 Å². The Morgan fingerprint density at radius 1 is 1.23 bits per heavy atom. The molecule has 1 saturated carbocycles. The molecule has 0 radical (unpaired) electrons. The Kier molecular flexibility index (Phi) is 5.24. The number of ether oxygens (including phenoxy) is 2. The molecule has 1 heterocycles. The molecular formula is C20H27Cl2NO3. The molecule has 0 unspecified atom stereocenters. The summed E-state index contributed by atoms with van der Waals surface area (Å²) in [5, 5.41) is 3.11. The van der Waals surface area contributed by atoms with Crippen molar-refractivity contribution in [2.24, 2.45) is 0 Å². The molecule has 144 valence electrons. The summed E-state index contributed by atoms with van der Waals surface area (Å²) in [7, 11) is 0. The lowest BCUT2D eigenvalue weighted by Gasteiger charge is -2.37. The van der Waals surface area contributed by atoms with Gasteiger partial charge >= 0.3 is 0 Å². The zero-order valence-electron chi connectivity index (χ0n) is 15.8. The van der Waals surface area contributed by atoms with Crippen molar-refractivity contribution in [3.63, 3.8) is 0 Å². The van der Waals surface area contributed by atoms with Crippen LogP contribution in [0.1, 0.15) is 58.4 Å². The Balaban J connectivity index is 1.58. The number of benzene rings is 1. The van der Waals surface area contributed by atoms with E-state index in [9.17, 15) is 4.79 Å². The molecule has 1 N–H and O–H groups in total. The molecule has 1 aliphatic heterocycles. The lowest BCUT2D eigenvalue weighted by molar-refractivity contribution is -0.137. The maximum atomic E-state index is 12.7. The van der Waals surface area contributed by atoms with Gasteiger partial charge in [0, 0.05) is 18.6 Å². The fourth-order valence-corrected chi connectivity index (χ4v) is 3.96. The van der Waals surface area contributed by atoms with Gasteiger partial charge in [-0.3, -0.25) is 4.79 Å². The molecule has 2 atom stereocenters. The van der Waals surface area contributed by atoms with Crippen LogP contribution in [0.5, 0.6) is 5.75 Å². The number of halogens is 2. The first-order valence-corrected chi connectivity index (χ1v) is 9.86. The summed E-state index contributed by atoms with van der Waals surface area (Å²) in [6.07, 6.45) is 2.38. The predicted octanol–water partition coefficient (Wildman–Crippen LogP) is 4.58. The van der Waals surface area contributed by atoms with Crippen molar-refractivity contribution in [1.29, 1.82) is 0 Å². The SMILES string of the molecule is CC1(C)C[C@H](NC(=O)C(C)(C)Oc2ccc([C@@H]3CC3(Cl)Cl)cc2)CCO1. The first-order valence-electron chi connectivity index (χ1n) is 9.10. The van der Waals surface area contributed by atoms with Crippen molar-refractivity contribution in [2.45, 2.75) is 74.5 Å². The Labute approximate surface area is 165 Å². The van der Waals surface area contributed by atoms with E-state index in [4.69, 9.17) is 32.7 Å². The van der Waals surface area contributed by atoms with Crippen molar-refractivity contribution in [3.8, 4) is 5.75 Å². The first-order chi connectivity index (χ1) is 12.0. The molecule has 26 heavy (non-hydrogen) atoms. The van der Waals surface area contributed by atoms with E-state index in [1.165, 1.54) is 0 Å². The molecule has 2 aliphatic rings. The highest BCUT2D eigenvalue weighted by atomic mass is 35.5. The normalized spacial score (nSPS) is 26.8. The third-order valence-corrected chi connectivity index (χ3v) is 5.90. The van der Waals surface area contributed by atoms with Gasteiger partial charge in [0.15, 0.2) is 5.60 Å². The van der Waals surface area contributed by atoms with Gasteiger partial charge in [0.25, 0.3) is 5.91 Å². The predicted molar refractivity (Wildman–Crippen MR) is 104 cm³/mol. The number of amides is 1. The van der Waals surface area contributed by atoms with Crippen molar-refractivity contribution in [3.05, 3.63) is 29.8 Å². The molecule has 0 spiro atoms. The van der Waals surface area contributed by atoms with Crippen molar-refractivity contribution in [1.82, 2.24) is 5.32 Å². The average Bonchev–Trinajstić information content (AvgIpc) is 3.15. The minimum Gasteiger partial charge on any atom is -0.478 e. The quantitative estimate of drug-likeness (QED) is 0.736. The van der Waals surface area contributed by atoms with Crippen LogP contribution in [0.3, 0.4) is 0 Å². The number of hydrogen-bond donors (Lipinski definition) is 1. The molecule has 1 aliphatic carbocycles. The van der Waals surface area contributed by atoms with E-state index in [0.717, 1.165) is 24.8 Å². The molecule has 0 bridgehead atoms. The Bertz CT molecular complexity index is 670. The monoisotopic (exact) mass is 399 g/mol. The maximum absolute atomic E-state index is 12.7. The highest BCUT2D eigenvalue weighted by Gasteiger charge is 2.52. The van der Waals surface area contributed by atoms with E-state index in [0.29, 0.717) is 12.4 Å². The Hall–Kier alpha value is -0.970. The van der Waals surface area contributed by atoms with Crippen LogP contribution in [-0.2, 0) is 9.53 Å². The Morgan fingerprint density at radius 2 is 1.85 bits per heavy atom. The van der Waals surface area contributed by atoms with E-state index in [-0.39, 0.29) is 23.5 Å². The summed E-state index contributed by atoms with van der Waals surface area (Å²) in [5.74, 6) is 0.705. The summed E-state index contributed by atoms with van der Waals surface area (Å²) >= 11 is 12.2. The van der Waals surface area contributed by atoms with E-state index in [1.807, 2.05) is 38.1 Å². The van der Waals surface area contributed by atoms with Gasteiger partial charge in [-0.05, 0) is 64.7 Å². The lowest BCUT2D eigenvalue weighted by atomic mass is 9.93.